The van der Waals surface area contributed by atoms with Gasteiger partial charge in [-0.3, -0.25) is 4.79 Å². The van der Waals surface area contributed by atoms with Gasteiger partial charge < -0.3 is 15.4 Å². The molecule has 2 unspecified atom stereocenters. The molecule has 0 spiro atoms. The molecule has 24 heavy (non-hydrogen) atoms. The number of carbonyl (C=O) groups is 1. The second-order valence-corrected chi connectivity index (χ2v) is 5.83. The van der Waals surface area contributed by atoms with E-state index in [-0.39, 0.29) is 30.4 Å². The van der Waals surface area contributed by atoms with Gasteiger partial charge in [0.1, 0.15) is 29.6 Å². The Kier molecular flexibility index (Phi) is 2.59. The molecule has 0 radical (unpaired) electrons. The van der Waals surface area contributed by atoms with Gasteiger partial charge in [-0.05, 0) is 24.3 Å². The van der Waals surface area contributed by atoms with Crippen LogP contribution in [0.15, 0.2) is 36.7 Å². The zero-order valence-corrected chi connectivity index (χ0v) is 12.4. The Bertz CT molecular complexity index is 986. The summed E-state index contributed by atoms with van der Waals surface area (Å²) in [6, 6.07) is 5.44. The Morgan fingerprint density at radius 3 is 3.12 bits per heavy atom. The topological polar surface area (TPSA) is 80.5 Å². The lowest BCUT2D eigenvalue weighted by atomic mass is 9.95. The van der Waals surface area contributed by atoms with Gasteiger partial charge in [0.15, 0.2) is 5.65 Å². The number of anilines is 1. The standard InChI is InChI=1S/C16H12FN5O2/c17-8-1-2-12-9(5-8)14-11(7-24-12)19-16(23)10-6-18-22-4-3-13(20-14)21-15(10)22/h1-6,11,14H,7H2,(H,19,23)(H,20,21). The number of nitrogens with one attached hydrogen (secondary N) is 2. The molecule has 0 fully saturated rings. The largest absolute Gasteiger partial charge is 0.491 e. The van der Waals surface area contributed by atoms with E-state index in [0.29, 0.717) is 28.3 Å². The van der Waals surface area contributed by atoms with Crippen LogP contribution >= 0.6 is 0 Å². The fourth-order valence-electron chi connectivity index (χ4n) is 3.20. The molecule has 1 amide bonds. The van der Waals surface area contributed by atoms with Gasteiger partial charge in [-0.25, -0.2) is 13.9 Å². The summed E-state index contributed by atoms with van der Waals surface area (Å²) >= 11 is 0. The van der Waals surface area contributed by atoms with E-state index in [1.54, 1.807) is 22.8 Å². The predicted molar refractivity (Wildman–Crippen MR) is 82.5 cm³/mol. The molecule has 2 aliphatic heterocycles. The molecule has 4 heterocycles. The molecule has 120 valence electrons. The van der Waals surface area contributed by atoms with E-state index < -0.39 is 0 Å². The first-order valence-corrected chi connectivity index (χ1v) is 7.53. The third-order valence-electron chi connectivity index (χ3n) is 4.36. The molecule has 0 aliphatic carbocycles. The van der Waals surface area contributed by atoms with Crippen LogP contribution in [-0.4, -0.2) is 33.2 Å². The van der Waals surface area contributed by atoms with Gasteiger partial charge in [-0.2, -0.15) is 5.10 Å². The van der Waals surface area contributed by atoms with Crippen molar-refractivity contribution in [1.29, 1.82) is 0 Å². The van der Waals surface area contributed by atoms with Gasteiger partial charge in [0.25, 0.3) is 5.91 Å². The molecule has 2 atom stereocenters. The zero-order valence-electron chi connectivity index (χ0n) is 12.4. The summed E-state index contributed by atoms with van der Waals surface area (Å²) in [6.07, 6.45) is 3.21. The summed E-state index contributed by atoms with van der Waals surface area (Å²) in [4.78, 5) is 17.0. The first-order chi connectivity index (χ1) is 11.7. The number of hydrogen-bond acceptors (Lipinski definition) is 5. The van der Waals surface area contributed by atoms with Crippen LogP contribution in [0.5, 0.6) is 5.75 Å². The molecule has 0 saturated carbocycles. The van der Waals surface area contributed by atoms with Crippen LogP contribution < -0.4 is 15.4 Å². The van der Waals surface area contributed by atoms with E-state index in [4.69, 9.17) is 4.74 Å². The number of ether oxygens (including phenoxy) is 1. The monoisotopic (exact) mass is 325 g/mol. The third kappa shape index (κ3) is 1.86. The lowest BCUT2D eigenvalue weighted by molar-refractivity contribution is 0.0908. The van der Waals surface area contributed by atoms with E-state index >= 15 is 0 Å². The van der Waals surface area contributed by atoms with Crippen molar-refractivity contribution in [3.05, 3.63) is 53.6 Å². The summed E-state index contributed by atoms with van der Waals surface area (Å²) in [6.45, 7) is 0.280. The maximum atomic E-state index is 13.7. The highest BCUT2D eigenvalue weighted by atomic mass is 19.1. The average Bonchev–Trinajstić information content (AvgIpc) is 3.00. The van der Waals surface area contributed by atoms with Crippen molar-refractivity contribution in [1.82, 2.24) is 19.9 Å². The first-order valence-electron chi connectivity index (χ1n) is 7.53. The van der Waals surface area contributed by atoms with Crippen molar-refractivity contribution in [3.8, 4) is 5.75 Å². The normalized spacial score (nSPS) is 21.6. The number of carbonyl (C=O) groups excluding carboxylic acids is 1. The van der Waals surface area contributed by atoms with Gasteiger partial charge in [-0.15, -0.1) is 0 Å². The van der Waals surface area contributed by atoms with Crippen molar-refractivity contribution in [2.45, 2.75) is 12.1 Å². The summed E-state index contributed by atoms with van der Waals surface area (Å²) in [7, 11) is 0. The Labute approximate surface area is 135 Å². The van der Waals surface area contributed by atoms with E-state index in [1.165, 1.54) is 18.3 Å². The molecule has 2 aliphatic rings. The SMILES string of the molecule is O=C1NC2COc3ccc(F)cc3C2Nc2ccn3ncc1c3n2. The van der Waals surface area contributed by atoms with Crippen LogP contribution in [0.1, 0.15) is 22.0 Å². The van der Waals surface area contributed by atoms with Gasteiger partial charge in [0, 0.05) is 11.8 Å². The van der Waals surface area contributed by atoms with Gasteiger partial charge in [0.2, 0.25) is 0 Å². The minimum absolute atomic E-state index is 0.280. The van der Waals surface area contributed by atoms with Crippen molar-refractivity contribution >= 4 is 17.4 Å². The summed E-state index contributed by atoms with van der Waals surface area (Å²) in [5.74, 6) is 0.554. The highest BCUT2D eigenvalue weighted by Crippen LogP contribution is 2.35. The number of nitrogens with zero attached hydrogens (tertiary/aromatic N) is 3. The second kappa shape index (κ2) is 4.67. The number of rotatable bonds is 0. The molecule has 5 rings (SSSR count). The molecular weight excluding hydrogens is 313 g/mol. The molecule has 1 aromatic carbocycles. The Morgan fingerprint density at radius 2 is 2.21 bits per heavy atom. The highest BCUT2D eigenvalue weighted by Gasteiger charge is 2.34. The Hall–Kier alpha value is -3.16. The van der Waals surface area contributed by atoms with E-state index in [1.807, 2.05) is 0 Å². The van der Waals surface area contributed by atoms with E-state index in [0.717, 1.165) is 0 Å². The number of aromatic nitrogens is 3. The number of benzene rings is 1. The predicted octanol–water partition coefficient (Wildman–Crippen LogP) is 1.53. The second-order valence-electron chi connectivity index (χ2n) is 5.83. The Balaban J connectivity index is 1.68. The molecule has 2 aromatic heterocycles. The first kappa shape index (κ1) is 13.3. The smallest absolute Gasteiger partial charge is 0.257 e. The molecular formula is C16H12FN5O2. The minimum atomic E-state index is -0.363. The lowest BCUT2D eigenvalue weighted by Gasteiger charge is -2.34. The van der Waals surface area contributed by atoms with Crippen molar-refractivity contribution < 1.29 is 13.9 Å². The van der Waals surface area contributed by atoms with Crippen LogP contribution in [0.25, 0.3) is 5.65 Å². The number of fused-ring (bicyclic) bond motifs is 4. The summed E-state index contributed by atoms with van der Waals surface area (Å²) in [5.41, 5.74) is 1.52. The van der Waals surface area contributed by atoms with Crippen LogP contribution in [0.2, 0.25) is 0 Å². The minimum Gasteiger partial charge on any atom is -0.491 e. The van der Waals surface area contributed by atoms with Crippen molar-refractivity contribution in [2.24, 2.45) is 0 Å². The highest BCUT2D eigenvalue weighted by molar-refractivity contribution is 6.00. The van der Waals surface area contributed by atoms with E-state index in [2.05, 4.69) is 20.7 Å². The van der Waals surface area contributed by atoms with Crippen molar-refractivity contribution in [2.75, 3.05) is 11.9 Å². The van der Waals surface area contributed by atoms with E-state index in [9.17, 15) is 9.18 Å². The number of halogens is 1. The number of amides is 1. The van der Waals surface area contributed by atoms with Crippen LogP contribution in [0, 0.1) is 5.82 Å². The van der Waals surface area contributed by atoms with Gasteiger partial charge >= 0.3 is 0 Å². The third-order valence-corrected chi connectivity index (χ3v) is 4.36. The molecule has 7 nitrogen and oxygen atoms in total. The fourth-order valence-corrected chi connectivity index (χ4v) is 3.20. The zero-order chi connectivity index (χ0) is 16.3. The maximum Gasteiger partial charge on any atom is 0.257 e. The summed E-state index contributed by atoms with van der Waals surface area (Å²) in [5, 5.41) is 10.3. The van der Waals surface area contributed by atoms with Crippen LogP contribution in [0.3, 0.4) is 0 Å². The quantitative estimate of drug-likeness (QED) is 0.655. The molecule has 2 N–H and O–H groups in total. The van der Waals surface area contributed by atoms with Crippen molar-refractivity contribution in [3.63, 3.8) is 0 Å². The maximum absolute atomic E-state index is 13.7. The van der Waals surface area contributed by atoms with Gasteiger partial charge in [0.05, 0.1) is 18.3 Å². The number of hydrogen-bond donors (Lipinski definition) is 2. The van der Waals surface area contributed by atoms with Crippen LogP contribution in [-0.2, 0) is 0 Å². The molecule has 0 saturated heterocycles. The molecule has 8 heteroatoms. The average molecular weight is 325 g/mol. The molecule has 2 bridgehead atoms. The summed E-state index contributed by atoms with van der Waals surface area (Å²) < 4.78 is 20.9. The van der Waals surface area contributed by atoms with Crippen LogP contribution in [0.4, 0.5) is 10.2 Å². The molecule has 3 aromatic rings. The fraction of sp³-hybridized carbons (Fsp3) is 0.188. The lowest BCUT2D eigenvalue weighted by Crippen LogP contribution is -2.47. The van der Waals surface area contributed by atoms with Gasteiger partial charge in [-0.1, -0.05) is 0 Å². The Morgan fingerprint density at radius 1 is 1.29 bits per heavy atom.